The fourth-order valence-electron chi connectivity index (χ4n) is 2.46. The van der Waals surface area contributed by atoms with Gasteiger partial charge in [-0.05, 0) is 38.1 Å². The van der Waals surface area contributed by atoms with Crippen molar-refractivity contribution < 1.29 is 9.21 Å². The summed E-state index contributed by atoms with van der Waals surface area (Å²) in [7, 11) is 0. The second-order valence-corrected chi connectivity index (χ2v) is 4.70. The minimum Gasteiger partial charge on any atom is -0.459 e. The van der Waals surface area contributed by atoms with Crippen molar-refractivity contribution >= 4 is 11.7 Å². The van der Waals surface area contributed by atoms with Gasteiger partial charge in [0.2, 0.25) is 0 Å². The predicted molar refractivity (Wildman–Crippen MR) is 73.4 cm³/mol. The third-order valence-corrected chi connectivity index (χ3v) is 3.42. The quantitative estimate of drug-likeness (QED) is 0.916. The van der Waals surface area contributed by atoms with Gasteiger partial charge in [0.05, 0.1) is 12.5 Å². The van der Waals surface area contributed by atoms with Gasteiger partial charge in [0.15, 0.2) is 11.6 Å². The standard InChI is InChI=1S/C14H16N4O2/c19-14(12-2-1-9-20-12)18(11-3-5-15-6-4-11)13-10-16-7-8-17-13/h1-2,7-11,15H,3-6H2. The number of nitrogens with zero attached hydrogens (tertiary/aromatic N) is 3. The van der Waals surface area contributed by atoms with E-state index in [-0.39, 0.29) is 11.9 Å². The highest BCUT2D eigenvalue weighted by molar-refractivity contribution is 6.03. The summed E-state index contributed by atoms with van der Waals surface area (Å²) in [5, 5.41) is 3.30. The third kappa shape index (κ3) is 2.55. The largest absolute Gasteiger partial charge is 0.459 e. The summed E-state index contributed by atoms with van der Waals surface area (Å²) in [6, 6.07) is 3.50. The Hall–Kier alpha value is -2.21. The summed E-state index contributed by atoms with van der Waals surface area (Å²) in [6.45, 7) is 1.79. The Labute approximate surface area is 116 Å². The number of amides is 1. The fraction of sp³-hybridized carbons (Fsp3) is 0.357. The second-order valence-electron chi connectivity index (χ2n) is 4.70. The molecule has 1 fully saturated rings. The topological polar surface area (TPSA) is 71.3 Å². The van der Waals surface area contributed by atoms with Gasteiger partial charge in [0.1, 0.15) is 0 Å². The van der Waals surface area contributed by atoms with E-state index in [2.05, 4.69) is 15.3 Å². The molecule has 1 aliphatic heterocycles. The predicted octanol–water partition coefficient (Wildman–Crippen LogP) is 1.47. The van der Waals surface area contributed by atoms with Gasteiger partial charge in [-0.3, -0.25) is 14.7 Å². The molecule has 104 valence electrons. The Morgan fingerprint density at radius 1 is 1.35 bits per heavy atom. The SMILES string of the molecule is O=C(c1ccco1)N(c1cnccn1)C1CCNCC1. The highest BCUT2D eigenvalue weighted by Crippen LogP contribution is 2.21. The number of carbonyl (C=O) groups is 1. The molecule has 3 heterocycles. The molecule has 6 heteroatoms. The van der Waals surface area contributed by atoms with Crippen molar-refractivity contribution in [2.24, 2.45) is 0 Å². The van der Waals surface area contributed by atoms with E-state index in [1.54, 1.807) is 35.6 Å². The van der Waals surface area contributed by atoms with E-state index in [9.17, 15) is 4.79 Å². The van der Waals surface area contributed by atoms with Crippen LogP contribution in [-0.2, 0) is 0 Å². The molecule has 2 aromatic heterocycles. The van der Waals surface area contributed by atoms with Gasteiger partial charge in [-0.25, -0.2) is 4.98 Å². The molecule has 0 bridgehead atoms. The number of nitrogens with one attached hydrogen (secondary N) is 1. The molecule has 0 aliphatic carbocycles. The van der Waals surface area contributed by atoms with Gasteiger partial charge in [-0.1, -0.05) is 0 Å². The minimum atomic E-state index is -0.164. The van der Waals surface area contributed by atoms with Crippen molar-refractivity contribution in [1.29, 1.82) is 0 Å². The number of carbonyl (C=O) groups excluding carboxylic acids is 1. The minimum absolute atomic E-state index is 0.116. The lowest BCUT2D eigenvalue weighted by Crippen LogP contribution is -2.46. The van der Waals surface area contributed by atoms with Crippen molar-refractivity contribution in [3.63, 3.8) is 0 Å². The molecule has 6 nitrogen and oxygen atoms in total. The Kier molecular flexibility index (Phi) is 3.73. The van der Waals surface area contributed by atoms with E-state index in [4.69, 9.17) is 4.42 Å². The first-order chi connectivity index (χ1) is 9.86. The Morgan fingerprint density at radius 2 is 2.20 bits per heavy atom. The second kappa shape index (κ2) is 5.83. The highest BCUT2D eigenvalue weighted by atomic mass is 16.3. The zero-order chi connectivity index (χ0) is 13.8. The molecule has 1 saturated heterocycles. The number of piperidine rings is 1. The number of hydrogen-bond acceptors (Lipinski definition) is 5. The summed E-state index contributed by atoms with van der Waals surface area (Å²) in [6.07, 6.45) is 8.10. The van der Waals surface area contributed by atoms with Crippen LogP contribution in [0.2, 0.25) is 0 Å². The molecule has 0 aromatic carbocycles. The van der Waals surface area contributed by atoms with E-state index in [1.165, 1.54) is 6.26 Å². The summed E-state index contributed by atoms with van der Waals surface area (Å²) < 4.78 is 5.23. The monoisotopic (exact) mass is 272 g/mol. The maximum atomic E-state index is 12.6. The number of hydrogen-bond donors (Lipinski definition) is 1. The van der Waals surface area contributed by atoms with Crippen LogP contribution < -0.4 is 10.2 Å². The maximum Gasteiger partial charge on any atom is 0.295 e. The van der Waals surface area contributed by atoms with Gasteiger partial charge < -0.3 is 9.73 Å². The average molecular weight is 272 g/mol. The third-order valence-electron chi connectivity index (χ3n) is 3.42. The van der Waals surface area contributed by atoms with Gasteiger partial charge in [-0.15, -0.1) is 0 Å². The Bertz CT molecular complexity index is 550. The first-order valence-electron chi connectivity index (χ1n) is 6.70. The van der Waals surface area contributed by atoms with Crippen molar-refractivity contribution in [1.82, 2.24) is 15.3 Å². The first kappa shape index (κ1) is 12.8. The van der Waals surface area contributed by atoms with Crippen LogP contribution >= 0.6 is 0 Å². The van der Waals surface area contributed by atoms with Crippen LogP contribution in [0.1, 0.15) is 23.4 Å². The van der Waals surface area contributed by atoms with Gasteiger partial charge in [0, 0.05) is 18.4 Å². The van der Waals surface area contributed by atoms with Crippen LogP contribution in [0.5, 0.6) is 0 Å². The Balaban J connectivity index is 1.92. The summed E-state index contributed by atoms with van der Waals surface area (Å²) in [4.78, 5) is 22.7. The normalized spacial score (nSPS) is 16.0. The molecular weight excluding hydrogens is 256 g/mol. The van der Waals surface area contributed by atoms with Crippen LogP contribution in [0.3, 0.4) is 0 Å². The average Bonchev–Trinajstić information content (AvgIpc) is 3.04. The van der Waals surface area contributed by atoms with Crippen molar-refractivity contribution in [2.45, 2.75) is 18.9 Å². The Morgan fingerprint density at radius 3 is 2.85 bits per heavy atom. The lowest BCUT2D eigenvalue weighted by atomic mass is 10.0. The summed E-state index contributed by atoms with van der Waals surface area (Å²) >= 11 is 0. The summed E-state index contributed by atoms with van der Waals surface area (Å²) in [5.74, 6) is 0.734. The zero-order valence-corrected chi connectivity index (χ0v) is 11.0. The number of rotatable bonds is 3. The van der Waals surface area contributed by atoms with Gasteiger partial charge >= 0.3 is 0 Å². The van der Waals surface area contributed by atoms with Crippen LogP contribution in [0.15, 0.2) is 41.4 Å². The molecule has 0 spiro atoms. The molecule has 0 radical (unpaired) electrons. The molecular formula is C14H16N4O2. The number of furan rings is 1. The molecule has 1 aliphatic rings. The number of aromatic nitrogens is 2. The molecule has 0 atom stereocenters. The van der Waals surface area contributed by atoms with E-state index >= 15 is 0 Å². The molecule has 0 unspecified atom stereocenters. The van der Waals surface area contributed by atoms with Crippen LogP contribution in [0.25, 0.3) is 0 Å². The van der Waals surface area contributed by atoms with E-state index in [0.717, 1.165) is 25.9 Å². The van der Waals surface area contributed by atoms with Gasteiger partial charge in [0.25, 0.3) is 5.91 Å². The molecule has 2 aromatic rings. The van der Waals surface area contributed by atoms with Crippen LogP contribution in [-0.4, -0.2) is 35.0 Å². The maximum absolute atomic E-state index is 12.6. The summed E-state index contributed by atoms with van der Waals surface area (Å²) in [5.41, 5.74) is 0. The molecule has 1 N–H and O–H groups in total. The first-order valence-corrected chi connectivity index (χ1v) is 6.70. The molecule has 20 heavy (non-hydrogen) atoms. The van der Waals surface area contributed by atoms with Crippen molar-refractivity contribution in [2.75, 3.05) is 18.0 Å². The van der Waals surface area contributed by atoms with Crippen LogP contribution in [0, 0.1) is 0 Å². The lowest BCUT2D eigenvalue weighted by Gasteiger charge is -2.33. The number of anilines is 1. The van der Waals surface area contributed by atoms with E-state index in [0.29, 0.717) is 11.6 Å². The van der Waals surface area contributed by atoms with Crippen molar-refractivity contribution in [3.05, 3.63) is 42.7 Å². The van der Waals surface area contributed by atoms with Gasteiger partial charge in [-0.2, -0.15) is 0 Å². The lowest BCUT2D eigenvalue weighted by molar-refractivity contribution is 0.0943. The van der Waals surface area contributed by atoms with Crippen LogP contribution in [0.4, 0.5) is 5.82 Å². The van der Waals surface area contributed by atoms with E-state index in [1.807, 2.05) is 0 Å². The van der Waals surface area contributed by atoms with E-state index < -0.39 is 0 Å². The highest BCUT2D eigenvalue weighted by Gasteiger charge is 2.29. The van der Waals surface area contributed by atoms with Crippen molar-refractivity contribution in [3.8, 4) is 0 Å². The molecule has 1 amide bonds. The smallest absolute Gasteiger partial charge is 0.295 e. The molecule has 0 saturated carbocycles. The zero-order valence-electron chi connectivity index (χ0n) is 11.0. The molecule has 3 rings (SSSR count). The fourth-order valence-corrected chi connectivity index (χ4v) is 2.46.